The van der Waals surface area contributed by atoms with Crippen LogP contribution in [0.3, 0.4) is 0 Å². The molecule has 0 aromatic carbocycles. The Hall–Kier alpha value is -2.77. The Morgan fingerprint density at radius 2 is 1.75 bits per heavy atom. The van der Waals surface area contributed by atoms with Crippen molar-refractivity contribution in [1.29, 1.82) is 0 Å². The van der Waals surface area contributed by atoms with Gasteiger partial charge in [-0.15, -0.1) is 0 Å². The second-order valence-electron chi connectivity index (χ2n) is 8.28. The minimum Gasteiger partial charge on any atom is -0.444 e. The van der Waals surface area contributed by atoms with Gasteiger partial charge in [-0.3, -0.25) is 9.20 Å². The van der Waals surface area contributed by atoms with Gasteiger partial charge in [0.2, 0.25) is 0 Å². The summed E-state index contributed by atoms with van der Waals surface area (Å²) in [5, 5.41) is 0. The number of fused-ring (bicyclic) bond motifs is 1. The van der Waals surface area contributed by atoms with Crippen molar-refractivity contribution < 1.29 is 14.3 Å². The monoisotopic (exact) mass is 387 g/mol. The van der Waals surface area contributed by atoms with E-state index in [9.17, 15) is 9.59 Å². The summed E-state index contributed by atoms with van der Waals surface area (Å²) in [6.07, 6.45) is -0.275. The summed E-state index contributed by atoms with van der Waals surface area (Å²) in [6, 6.07) is 5.87. The number of rotatable bonds is 2. The molecular formula is C20H29N5O3. The van der Waals surface area contributed by atoms with Crippen LogP contribution in [0.2, 0.25) is 0 Å². The Morgan fingerprint density at radius 3 is 2.32 bits per heavy atom. The summed E-state index contributed by atoms with van der Waals surface area (Å²) in [5.41, 5.74) is 1.53. The van der Waals surface area contributed by atoms with Gasteiger partial charge in [-0.2, -0.15) is 0 Å². The lowest BCUT2D eigenvalue weighted by Crippen LogP contribution is -2.50. The number of pyridine rings is 1. The van der Waals surface area contributed by atoms with Gasteiger partial charge in [0.15, 0.2) is 0 Å². The van der Waals surface area contributed by atoms with Crippen molar-refractivity contribution in [1.82, 2.24) is 19.2 Å². The van der Waals surface area contributed by atoms with Crippen molar-refractivity contribution in [3.63, 3.8) is 0 Å². The Bertz CT molecular complexity index is 889. The van der Waals surface area contributed by atoms with Gasteiger partial charge >= 0.3 is 6.09 Å². The first-order valence-electron chi connectivity index (χ1n) is 9.51. The molecule has 1 aliphatic heterocycles. The molecule has 0 saturated carbocycles. The molecule has 2 aromatic heterocycles. The fourth-order valence-corrected chi connectivity index (χ4v) is 3.32. The molecule has 152 valence electrons. The number of ether oxygens (including phenoxy) is 1. The fourth-order valence-electron chi connectivity index (χ4n) is 3.32. The zero-order valence-electron chi connectivity index (χ0n) is 17.5. The number of carbonyl (C=O) groups excluding carboxylic acids is 2. The summed E-state index contributed by atoms with van der Waals surface area (Å²) >= 11 is 0. The maximum atomic E-state index is 12.4. The van der Waals surface area contributed by atoms with E-state index < -0.39 is 5.60 Å². The topological polar surface area (TPSA) is 70.4 Å². The maximum Gasteiger partial charge on any atom is 0.410 e. The van der Waals surface area contributed by atoms with Crippen LogP contribution in [-0.4, -0.2) is 77.1 Å². The van der Waals surface area contributed by atoms with E-state index in [1.807, 2.05) is 50.3 Å². The van der Waals surface area contributed by atoms with E-state index in [1.54, 1.807) is 19.0 Å². The molecule has 2 aromatic rings. The lowest BCUT2D eigenvalue weighted by atomic mass is 10.2. The van der Waals surface area contributed by atoms with Gasteiger partial charge in [-0.25, -0.2) is 9.78 Å². The number of aryl methyl sites for hydroxylation is 1. The molecule has 0 radical (unpaired) electrons. The van der Waals surface area contributed by atoms with Crippen molar-refractivity contribution in [3.8, 4) is 0 Å². The van der Waals surface area contributed by atoms with Crippen LogP contribution in [0.15, 0.2) is 18.2 Å². The Labute approximate surface area is 165 Å². The van der Waals surface area contributed by atoms with Crippen molar-refractivity contribution in [2.45, 2.75) is 33.3 Å². The second kappa shape index (κ2) is 7.33. The molecule has 1 saturated heterocycles. The van der Waals surface area contributed by atoms with Gasteiger partial charge in [0.25, 0.3) is 5.91 Å². The van der Waals surface area contributed by atoms with Crippen LogP contribution < -0.4 is 4.90 Å². The highest BCUT2D eigenvalue weighted by molar-refractivity contribution is 5.94. The van der Waals surface area contributed by atoms with Crippen LogP contribution in [0.25, 0.3) is 5.65 Å². The third kappa shape index (κ3) is 3.90. The molecule has 0 bridgehead atoms. The molecular weight excluding hydrogens is 358 g/mol. The first-order valence-corrected chi connectivity index (χ1v) is 9.51. The molecule has 2 amide bonds. The average Bonchev–Trinajstić information content (AvgIpc) is 2.96. The summed E-state index contributed by atoms with van der Waals surface area (Å²) in [6.45, 7) is 10.1. The number of nitrogens with zero attached hydrogens (tertiary/aromatic N) is 5. The minimum absolute atomic E-state index is 0.109. The van der Waals surface area contributed by atoms with E-state index in [2.05, 4.69) is 9.88 Å². The normalized spacial score (nSPS) is 15.1. The van der Waals surface area contributed by atoms with E-state index in [0.717, 1.165) is 17.2 Å². The molecule has 8 nitrogen and oxygen atoms in total. The largest absolute Gasteiger partial charge is 0.444 e. The molecule has 1 fully saturated rings. The van der Waals surface area contributed by atoms with Gasteiger partial charge in [-0.1, -0.05) is 6.07 Å². The summed E-state index contributed by atoms with van der Waals surface area (Å²) in [5.74, 6) is 0.867. The van der Waals surface area contributed by atoms with E-state index in [1.165, 1.54) is 4.90 Å². The van der Waals surface area contributed by atoms with Crippen LogP contribution in [0.5, 0.6) is 0 Å². The lowest BCUT2D eigenvalue weighted by molar-refractivity contribution is 0.0240. The lowest BCUT2D eigenvalue weighted by Gasteiger charge is -2.37. The van der Waals surface area contributed by atoms with E-state index >= 15 is 0 Å². The number of amides is 2. The molecule has 28 heavy (non-hydrogen) atoms. The van der Waals surface area contributed by atoms with Crippen LogP contribution in [0, 0.1) is 6.92 Å². The summed E-state index contributed by atoms with van der Waals surface area (Å²) in [7, 11) is 3.45. The maximum absolute atomic E-state index is 12.4. The molecule has 0 aliphatic carbocycles. The highest BCUT2D eigenvalue weighted by atomic mass is 16.6. The number of anilines is 1. The smallest absolute Gasteiger partial charge is 0.410 e. The Balaban J connectivity index is 1.82. The predicted molar refractivity (Wildman–Crippen MR) is 108 cm³/mol. The summed E-state index contributed by atoms with van der Waals surface area (Å²) in [4.78, 5) is 34.7. The van der Waals surface area contributed by atoms with Crippen molar-refractivity contribution in [2.75, 3.05) is 45.2 Å². The van der Waals surface area contributed by atoms with Crippen molar-refractivity contribution >= 4 is 23.5 Å². The van der Waals surface area contributed by atoms with Crippen molar-refractivity contribution in [2.24, 2.45) is 0 Å². The molecule has 8 heteroatoms. The number of carbonyl (C=O) groups is 2. The van der Waals surface area contributed by atoms with Gasteiger partial charge in [-0.05, 0) is 39.8 Å². The van der Waals surface area contributed by atoms with Gasteiger partial charge in [0, 0.05) is 40.3 Å². The number of hydrogen-bond acceptors (Lipinski definition) is 5. The molecule has 0 N–H and O–H groups in total. The number of aromatic nitrogens is 2. The predicted octanol–water partition coefficient (Wildman–Crippen LogP) is 2.40. The van der Waals surface area contributed by atoms with Gasteiger partial charge in [0.1, 0.15) is 22.8 Å². The van der Waals surface area contributed by atoms with E-state index in [4.69, 9.17) is 4.74 Å². The zero-order chi connectivity index (χ0) is 20.6. The number of piperazine rings is 1. The Morgan fingerprint density at radius 1 is 1.11 bits per heavy atom. The highest BCUT2D eigenvalue weighted by Gasteiger charge is 2.27. The zero-order valence-corrected chi connectivity index (χ0v) is 17.5. The van der Waals surface area contributed by atoms with Gasteiger partial charge < -0.3 is 19.4 Å². The summed E-state index contributed by atoms with van der Waals surface area (Å²) < 4.78 is 7.48. The molecule has 3 heterocycles. The minimum atomic E-state index is -0.497. The molecule has 3 rings (SSSR count). The van der Waals surface area contributed by atoms with Crippen molar-refractivity contribution in [3.05, 3.63) is 29.6 Å². The molecule has 0 spiro atoms. The Kier molecular flexibility index (Phi) is 5.23. The van der Waals surface area contributed by atoms with Crippen LogP contribution in [0.1, 0.15) is 37.0 Å². The molecule has 0 atom stereocenters. The van der Waals surface area contributed by atoms with Crippen LogP contribution >= 0.6 is 0 Å². The molecule has 0 unspecified atom stereocenters. The second-order valence-corrected chi connectivity index (χ2v) is 8.28. The first kappa shape index (κ1) is 20.0. The first-order chi connectivity index (χ1) is 13.1. The van der Waals surface area contributed by atoms with Crippen LogP contribution in [0.4, 0.5) is 10.6 Å². The standard InChI is InChI=1S/C20H29N5O3/c1-14-17(18(26)22(5)6)21-15-8-7-9-16(25(14)15)23-10-12-24(13-11-23)19(27)28-20(2,3)4/h7-9H,10-13H2,1-6H3. The number of imidazole rings is 1. The number of hydrogen-bond donors (Lipinski definition) is 0. The van der Waals surface area contributed by atoms with E-state index in [0.29, 0.717) is 31.9 Å². The SMILES string of the molecule is Cc1c(C(=O)N(C)C)nc2cccc(N3CCN(C(=O)OC(C)(C)C)CC3)n12. The highest BCUT2D eigenvalue weighted by Crippen LogP contribution is 2.23. The van der Waals surface area contributed by atoms with Gasteiger partial charge in [0.05, 0.1) is 5.69 Å². The fraction of sp³-hybridized carbons (Fsp3) is 0.550. The third-order valence-corrected chi connectivity index (χ3v) is 4.72. The third-order valence-electron chi connectivity index (χ3n) is 4.72. The average molecular weight is 387 g/mol. The molecule has 1 aliphatic rings. The van der Waals surface area contributed by atoms with E-state index in [-0.39, 0.29) is 12.0 Å². The quantitative estimate of drug-likeness (QED) is 0.791. The van der Waals surface area contributed by atoms with Crippen LogP contribution in [-0.2, 0) is 4.74 Å².